The van der Waals surface area contributed by atoms with E-state index in [1.165, 1.54) is 0 Å². The van der Waals surface area contributed by atoms with Crippen molar-refractivity contribution in [3.05, 3.63) is 111 Å². The van der Waals surface area contributed by atoms with Gasteiger partial charge >= 0.3 is 0 Å². The largest absolute Gasteiger partial charge is 0.782 e. The van der Waals surface area contributed by atoms with Gasteiger partial charge in [-0.1, -0.05) is 54.6 Å². The molecule has 2 aromatic carbocycles. The van der Waals surface area contributed by atoms with E-state index in [1.54, 1.807) is 81.6 Å². The maximum absolute atomic E-state index is 13.9. The number of aromatic nitrogens is 1. The molecule has 0 spiro atoms. The average Bonchev–Trinajstić information content (AvgIpc) is 3.23. The van der Waals surface area contributed by atoms with Crippen molar-refractivity contribution in [2.45, 2.75) is 51.3 Å². The number of ketones is 1. The summed E-state index contributed by atoms with van der Waals surface area (Å²) in [5.41, 5.74) is 4.07. The van der Waals surface area contributed by atoms with Crippen LogP contribution in [0.2, 0.25) is 0 Å². The lowest BCUT2D eigenvalue weighted by molar-refractivity contribution is -0.127. The lowest BCUT2D eigenvalue weighted by Crippen LogP contribution is -2.33. The van der Waals surface area contributed by atoms with Crippen LogP contribution in [0.3, 0.4) is 0 Å². The molecular weight excluding hydrogens is 558 g/mol. The van der Waals surface area contributed by atoms with Gasteiger partial charge in [0.2, 0.25) is 15.9 Å². The molecule has 11 heteroatoms. The standard InChI is InChI=1S/C31H32N3O7S/c1-4-40-30-23-12-9-15-32-27(23)25-26(29(30)36)28(34(37)31(25)41-5-2)22-14-13-21(16-19(22)3)18-42(38,39)33-24(35)17-20-10-7-6-8-11-20/h6-16,28,30-31H,4-5,17-18H2,1-3H3,(H,33,35)/q-1. The van der Waals surface area contributed by atoms with E-state index in [1.807, 2.05) is 6.07 Å². The van der Waals surface area contributed by atoms with E-state index in [-0.39, 0.29) is 31.0 Å². The van der Waals surface area contributed by atoms with Gasteiger partial charge in [0.25, 0.3) is 0 Å². The first-order valence-corrected chi connectivity index (χ1v) is 15.4. The van der Waals surface area contributed by atoms with Crippen LogP contribution >= 0.6 is 0 Å². The lowest BCUT2D eigenvalue weighted by atomic mass is 9.82. The summed E-state index contributed by atoms with van der Waals surface area (Å²) in [7, 11) is -3.98. The number of Topliss-reactive ketones (excluding diaryl/α,β-unsaturated/α-hetero) is 1. The molecule has 0 saturated carbocycles. The summed E-state index contributed by atoms with van der Waals surface area (Å²) in [4.78, 5) is 30.8. The Kier molecular flexibility index (Phi) is 8.67. The molecule has 0 saturated heterocycles. The topological polar surface area (TPSA) is 138 Å². The molecule has 1 N–H and O–H groups in total. The van der Waals surface area contributed by atoms with Crippen LogP contribution in [0.25, 0.3) is 5.57 Å². The number of fused-ring (bicyclic) bond motifs is 2. The average molecular weight is 591 g/mol. The zero-order chi connectivity index (χ0) is 30.0. The van der Waals surface area contributed by atoms with Gasteiger partial charge in [-0.25, -0.2) is 8.42 Å². The van der Waals surface area contributed by atoms with Gasteiger partial charge in [-0.2, -0.15) is 0 Å². The molecule has 2 aliphatic rings. The van der Waals surface area contributed by atoms with Gasteiger partial charge in [-0.3, -0.25) is 19.3 Å². The number of carbonyl (C=O) groups excluding carboxylic acids is 2. The molecule has 1 amide bonds. The molecule has 1 aliphatic heterocycles. The van der Waals surface area contributed by atoms with Crippen molar-refractivity contribution < 1.29 is 27.5 Å². The predicted molar refractivity (Wildman–Crippen MR) is 156 cm³/mol. The number of rotatable bonds is 10. The third kappa shape index (κ3) is 5.79. The minimum atomic E-state index is -3.98. The number of nitrogens with zero attached hydrogens (tertiary/aromatic N) is 2. The van der Waals surface area contributed by atoms with Crippen LogP contribution in [-0.4, -0.2) is 49.6 Å². The summed E-state index contributed by atoms with van der Waals surface area (Å²) in [5, 5.41) is 14.6. The molecule has 0 fully saturated rings. The molecule has 10 nitrogen and oxygen atoms in total. The number of sulfonamides is 1. The predicted octanol–water partition coefficient (Wildman–Crippen LogP) is 3.91. The van der Waals surface area contributed by atoms with Crippen LogP contribution < -0.4 is 4.72 Å². The second-order valence-corrected chi connectivity index (χ2v) is 11.9. The smallest absolute Gasteiger partial charge is 0.239 e. The highest BCUT2D eigenvalue weighted by atomic mass is 32.2. The highest BCUT2D eigenvalue weighted by Crippen LogP contribution is 2.51. The number of hydroxylamine groups is 2. The second kappa shape index (κ2) is 12.2. The van der Waals surface area contributed by atoms with Crippen molar-refractivity contribution in [3.63, 3.8) is 0 Å². The van der Waals surface area contributed by atoms with Gasteiger partial charge in [0, 0.05) is 36.1 Å². The van der Waals surface area contributed by atoms with Crippen molar-refractivity contribution in [1.82, 2.24) is 14.8 Å². The molecule has 1 aromatic heterocycles. The first-order valence-electron chi connectivity index (χ1n) is 13.7. The van der Waals surface area contributed by atoms with E-state index < -0.39 is 40.1 Å². The zero-order valence-corrected chi connectivity index (χ0v) is 24.4. The molecule has 5 rings (SSSR count). The van der Waals surface area contributed by atoms with Crippen LogP contribution in [0, 0.1) is 12.1 Å². The Balaban J connectivity index is 1.45. The number of ether oxygens (including phenoxy) is 2. The molecule has 3 aromatic rings. The summed E-state index contributed by atoms with van der Waals surface area (Å²) in [6, 6.07) is 16.2. The van der Waals surface area contributed by atoms with E-state index in [9.17, 15) is 23.2 Å². The SMILES string of the molecule is CCOC1C(=O)C2=C(c3ncccc31)C(OCC)N([O-])C2c1ccc(CS(=O)(=O)NC(=O)Cc2ccccc2)cc1C. The van der Waals surface area contributed by atoms with Gasteiger partial charge in [-0.05, 0) is 49.1 Å². The zero-order valence-electron chi connectivity index (χ0n) is 23.6. The Morgan fingerprint density at radius 1 is 0.976 bits per heavy atom. The third-order valence-electron chi connectivity index (χ3n) is 7.30. The first-order chi connectivity index (χ1) is 20.1. The summed E-state index contributed by atoms with van der Waals surface area (Å²) in [6.45, 7) is 5.85. The number of hydrogen-bond acceptors (Lipinski definition) is 9. The molecule has 42 heavy (non-hydrogen) atoms. The van der Waals surface area contributed by atoms with Crippen molar-refractivity contribution in [3.8, 4) is 0 Å². The molecule has 2 heterocycles. The fourth-order valence-electron chi connectivity index (χ4n) is 5.64. The second-order valence-electron chi connectivity index (χ2n) is 10.2. The van der Waals surface area contributed by atoms with E-state index >= 15 is 0 Å². The van der Waals surface area contributed by atoms with Crippen LogP contribution in [0.1, 0.15) is 59.5 Å². The normalized spacial score (nSPS) is 20.4. The number of aryl methyl sites for hydroxylation is 1. The van der Waals surface area contributed by atoms with Crippen LogP contribution in [0.5, 0.6) is 0 Å². The van der Waals surface area contributed by atoms with Crippen LogP contribution in [0.15, 0.2) is 72.4 Å². The summed E-state index contributed by atoms with van der Waals surface area (Å²) >= 11 is 0. The molecule has 0 radical (unpaired) electrons. The number of pyridine rings is 1. The quantitative estimate of drug-likeness (QED) is 0.372. The minimum Gasteiger partial charge on any atom is -0.782 e. The number of benzene rings is 2. The number of hydrogen-bond donors (Lipinski definition) is 1. The number of carbonyl (C=O) groups is 2. The molecule has 3 atom stereocenters. The Morgan fingerprint density at radius 3 is 2.40 bits per heavy atom. The van der Waals surface area contributed by atoms with E-state index in [4.69, 9.17) is 9.47 Å². The first kappa shape index (κ1) is 29.7. The third-order valence-corrected chi connectivity index (χ3v) is 8.55. The van der Waals surface area contributed by atoms with Crippen LogP contribution in [-0.2, 0) is 41.3 Å². The Hall–Kier alpha value is -3.74. The number of nitrogens with one attached hydrogen (secondary N) is 1. The van der Waals surface area contributed by atoms with Crippen molar-refractivity contribution >= 4 is 27.3 Å². The molecule has 0 bridgehead atoms. The summed E-state index contributed by atoms with van der Waals surface area (Å²) in [6.07, 6.45) is -0.411. The Morgan fingerprint density at radius 2 is 1.71 bits per heavy atom. The van der Waals surface area contributed by atoms with Gasteiger partial charge in [0.05, 0.1) is 23.9 Å². The maximum atomic E-state index is 13.9. The van der Waals surface area contributed by atoms with Gasteiger partial charge < -0.3 is 19.7 Å². The fraction of sp³-hybridized carbons (Fsp3) is 0.323. The van der Waals surface area contributed by atoms with E-state index in [0.29, 0.717) is 39.1 Å². The molecule has 220 valence electrons. The highest BCUT2D eigenvalue weighted by Gasteiger charge is 2.48. The monoisotopic (exact) mass is 590 g/mol. The molecule has 1 aliphatic carbocycles. The van der Waals surface area contributed by atoms with Crippen LogP contribution in [0.4, 0.5) is 0 Å². The summed E-state index contributed by atoms with van der Waals surface area (Å²) < 4.78 is 39.4. The van der Waals surface area contributed by atoms with Gasteiger partial charge in [0.15, 0.2) is 5.78 Å². The Bertz CT molecular complexity index is 1640. The van der Waals surface area contributed by atoms with E-state index in [2.05, 4.69) is 9.71 Å². The minimum absolute atomic E-state index is 0.0632. The fourth-order valence-corrected chi connectivity index (χ4v) is 6.75. The molecular formula is C31H32N3O7S-. The molecule has 3 unspecified atom stereocenters. The maximum Gasteiger partial charge on any atom is 0.239 e. The van der Waals surface area contributed by atoms with Crippen molar-refractivity contribution in [2.24, 2.45) is 0 Å². The Labute approximate surface area is 245 Å². The highest BCUT2D eigenvalue weighted by molar-refractivity contribution is 7.89. The number of amides is 1. The summed E-state index contributed by atoms with van der Waals surface area (Å²) in [5.74, 6) is -1.39. The van der Waals surface area contributed by atoms with Crippen molar-refractivity contribution in [1.29, 1.82) is 0 Å². The van der Waals surface area contributed by atoms with Gasteiger partial charge in [-0.15, -0.1) is 0 Å². The van der Waals surface area contributed by atoms with E-state index in [0.717, 1.165) is 5.06 Å². The van der Waals surface area contributed by atoms with Gasteiger partial charge in [0.1, 0.15) is 12.3 Å². The van der Waals surface area contributed by atoms with Crippen molar-refractivity contribution in [2.75, 3.05) is 13.2 Å². The lowest BCUT2D eigenvalue weighted by Gasteiger charge is -2.37.